The van der Waals surface area contributed by atoms with Crippen LogP contribution in [-0.4, -0.2) is 6.54 Å². The molecule has 0 heterocycles. The third kappa shape index (κ3) is 15.1. The Hall–Kier alpha value is -0.890. The lowest BCUT2D eigenvalue weighted by Crippen LogP contribution is -2.08. The van der Waals surface area contributed by atoms with Crippen molar-refractivity contribution in [2.75, 3.05) is 6.54 Å². The van der Waals surface area contributed by atoms with E-state index in [1.807, 2.05) is 53.7 Å². The van der Waals surface area contributed by atoms with Crippen molar-refractivity contribution >= 4 is 12.6 Å². The Morgan fingerprint density at radius 3 is 1.83 bits per heavy atom. The minimum atomic E-state index is 0.940. The Morgan fingerprint density at radius 1 is 1.00 bits per heavy atom. The molecule has 0 bridgehead atoms. The number of benzene rings is 1. The molecule has 0 saturated carbocycles. The van der Waals surface area contributed by atoms with Crippen LogP contribution >= 0.6 is 12.6 Å². The topological polar surface area (TPSA) is 12.0 Å². The second kappa shape index (κ2) is 21.4. The van der Waals surface area contributed by atoms with Crippen LogP contribution in [-0.2, 0) is 6.42 Å². The zero-order valence-corrected chi connectivity index (χ0v) is 13.8. The van der Waals surface area contributed by atoms with Gasteiger partial charge in [-0.2, -0.15) is 0 Å². The first-order valence-electron chi connectivity index (χ1n) is 6.95. The maximum Gasteiger partial charge on any atom is 0.0181 e. The number of hydrogen-bond donors (Lipinski definition) is 2. The van der Waals surface area contributed by atoms with Crippen LogP contribution in [0.25, 0.3) is 0 Å². The quantitative estimate of drug-likeness (QED) is 0.556. The van der Waals surface area contributed by atoms with Gasteiger partial charge in [0.2, 0.25) is 0 Å². The molecular formula is C16H31NS. The molecule has 0 spiro atoms. The van der Waals surface area contributed by atoms with E-state index >= 15 is 0 Å². The summed E-state index contributed by atoms with van der Waals surface area (Å²) in [5.41, 5.74) is 1.32. The molecule has 0 atom stereocenters. The molecule has 2 heteroatoms. The summed E-state index contributed by atoms with van der Waals surface area (Å²) in [7, 11) is 0. The average Bonchev–Trinajstić information content (AvgIpc) is 2.48. The van der Waals surface area contributed by atoms with Gasteiger partial charge >= 0.3 is 0 Å². The minimum absolute atomic E-state index is 0.940. The first kappa shape index (κ1) is 22.3. The van der Waals surface area contributed by atoms with E-state index in [-0.39, 0.29) is 0 Å². The maximum absolute atomic E-state index is 4.21. The van der Waals surface area contributed by atoms with Crippen LogP contribution in [0.2, 0.25) is 0 Å². The summed E-state index contributed by atoms with van der Waals surface area (Å²) in [5.74, 6) is 0. The molecule has 1 N–H and O–H groups in total. The van der Waals surface area contributed by atoms with Gasteiger partial charge in [0.15, 0.2) is 0 Å². The Morgan fingerprint density at radius 2 is 1.44 bits per heavy atom. The van der Waals surface area contributed by atoms with E-state index in [1.54, 1.807) is 6.20 Å². The number of nitrogens with one attached hydrogen (secondary N) is 1. The van der Waals surface area contributed by atoms with Crippen LogP contribution in [0, 0.1) is 0 Å². The van der Waals surface area contributed by atoms with Gasteiger partial charge in [0.1, 0.15) is 0 Å². The summed E-state index contributed by atoms with van der Waals surface area (Å²) in [6, 6.07) is 8.19. The van der Waals surface area contributed by atoms with Crippen LogP contribution < -0.4 is 5.32 Å². The highest BCUT2D eigenvalue weighted by Crippen LogP contribution is 2.07. The molecule has 0 aliphatic carbocycles. The summed E-state index contributed by atoms with van der Waals surface area (Å²) in [6.45, 7) is 16.5. The molecule has 18 heavy (non-hydrogen) atoms. The van der Waals surface area contributed by atoms with Gasteiger partial charge in [0, 0.05) is 11.4 Å². The Kier molecular flexibility index (Phi) is 26.5. The van der Waals surface area contributed by atoms with E-state index in [9.17, 15) is 0 Å². The molecule has 0 unspecified atom stereocenters. The standard InChI is InChI=1S/C10H13NS.3C2H6/c1-2-11-8-7-9-3-5-10(12)6-4-9;3*1-2/h2-6,11-12H,1,7-8H2;3*1-2H3. The third-order valence-corrected chi connectivity index (χ3v) is 1.94. The van der Waals surface area contributed by atoms with Crippen molar-refractivity contribution < 1.29 is 0 Å². The highest BCUT2D eigenvalue weighted by atomic mass is 32.1. The number of hydrogen-bond acceptors (Lipinski definition) is 2. The minimum Gasteiger partial charge on any atom is -0.391 e. The molecule has 0 aromatic heterocycles. The van der Waals surface area contributed by atoms with Crippen molar-refractivity contribution in [1.82, 2.24) is 5.32 Å². The summed E-state index contributed by atoms with van der Waals surface area (Å²) in [5, 5.41) is 3.06. The Balaban J connectivity index is -0.000000328. The van der Waals surface area contributed by atoms with Crippen LogP contribution in [0.15, 0.2) is 41.9 Å². The van der Waals surface area contributed by atoms with Crippen molar-refractivity contribution in [3.63, 3.8) is 0 Å². The number of thiol groups is 1. The van der Waals surface area contributed by atoms with Crippen LogP contribution in [0.5, 0.6) is 0 Å². The van der Waals surface area contributed by atoms with Gasteiger partial charge in [-0.3, -0.25) is 0 Å². The zero-order valence-electron chi connectivity index (χ0n) is 13.0. The van der Waals surface area contributed by atoms with Crippen molar-refractivity contribution in [2.24, 2.45) is 0 Å². The predicted octanol–water partition coefficient (Wildman–Crippen LogP) is 5.33. The molecule has 0 fully saturated rings. The second-order valence-electron chi connectivity index (χ2n) is 2.57. The highest BCUT2D eigenvalue weighted by Gasteiger charge is 1.90. The molecule has 1 rings (SSSR count). The van der Waals surface area contributed by atoms with Crippen LogP contribution in [0.3, 0.4) is 0 Å². The summed E-state index contributed by atoms with van der Waals surface area (Å²) < 4.78 is 0. The highest BCUT2D eigenvalue weighted by molar-refractivity contribution is 7.80. The van der Waals surface area contributed by atoms with Gasteiger partial charge in [-0.1, -0.05) is 60.3 Å². The van der Waals surface area contributed by atoms with Crippen LogP contribution in [0.4, 0.5) is 0 Å². The van der Waals surface area contributed by atoms with Crippen molar-refractivity contribution in [1.29, 1.82) is 0 Å². The van der Waals surface area contributed by atoms with Gasteiger partial charge < -0.3 is 5.32 Å². The van der Waals surface area contributed by atoms with Gasteiger partial charge in [0.25, 0.3) is 0 Å². The summed E-state index contributed by atoms with van der Waals surface area (Å²) in [6.07, 6.45) is 2.74. The van der Waals surface area contributed by atoms with Gasteiger partial charge in [-0.05, 0) is 30.3 Å². The first-order valence-corrected chi connectivity index (χ1v) is 7.40. The summed E-state index contributed by atoms with van der Waals surface area (Å²) in [4.78, 5) is 1.01. The average molecular weight is 269 g/mol. The van der Waals surface area contributed by atoms with E-state index in [0.29, 0.717) is 0 Å². The maximum atomic E-state index is 4.21. The lowest BCUT2D eigenvalue weighted by Gasteiger charge is -2.01. The molecule has 1 nitrogen and oxygen atoms in total. The molecule has 0 radical (unpaired) electrons. The summed E-state index contributed by atoms with van der Waals surface area (Å²) >= 11 is 4.21. The largest absolute Gasteiger partial charge is 0.391 e. The van der Waals surface area contributed by atoms with Crippen molar-refractivity contribution in [3.05, 3.63) is 42.6 Å². The third-order valence-electron chi connectivity index (χ3n) is 1.64. The van der Waals surface area contributed by atoms with Gasteiger partial charge in [-0.15, -0.1) is 12.6 Å². The smallest absolute Gasteiger partial charge is 0.0181 e. The fraction of sp³-hybridized carbons (Fsp3) is 0.500. The van der Waals surface area contributed by atoms with E-state index in [2.05, 4.69) is 36.7 Å². The molecule has 0 aliphatic heterocycles. The fourth-order valence-electron chi connectivity index (χ4n) is 0.981. The van der Waals surface area contributed by atoms with E-state index < -0.39 is 0 Å². The van der Waals surface area contributed by atoms with Gasteiger partial charge in [-0.25, -0.2) is 0 Å². The molecule has 0 saturated heterocycles. The fourth-order valence-corrected chi connectivity index (χ4v) is 1.13. The molecule has 1 aromatic carbocycles. The lowest BCUT2D eigenvalue weighted by atomic mass is 10.1. The van der Waals surface area contributed by atoms with Crippen LogP contribution in [0.1, 0.15) is 47.1 Å². The van der Waals surface area contributed by atoms with E-state index in [4.69, 9.17) is 0 Å². The Labute approximate surface area is 120 Å². The first-order chi connectivity index (χ1) is 8.83. The van der Waals surface area contributed by atoms with Gasteiger partial charge in [0.05, 0.1) is 0 Å². The van der Waals surface area contributed by atoms with E-state index in [0.717, 1.165) is 17.9 Å². The zero-order chi connectivity index (χ0) is 14.8. The SMILES string of the molecule is C=CNCCc1ccc(S)cc1.CC.CC.CC. The number of rotatable bonds is 4. The molecular weight excluding hydrogens is 238 g/mol. The molecule has 1 aromatic rings. The molecule has 0 amide bonds. The molecule has 0 aliphatic rings. The second-order valence-corrected chi connectivity index (χ2v) is 3.09. The molecule has 106 valence electrons. The van der Waals surface area contributed by atoms with Crippen molar-refractivity contribution in [2.45, 2.75) is 52.9 Å². The predicted molar refractivity (Wildman–Crippen MR) is 89.6 cm³/mol. The Bertz CT molecular complexity index is 242. The van der Waals surface area contributed by atoms with E-state index in [1.165, 1.54) is 5.56 Å². The lowest BCUT2D eigenvalue weighted by molar-refractivity contribution is 0.833. The normalized spacial score (nSPS) is 7.28. The van der Waals surface area contributed by atoms with Crippen molar-refractivity contribution in [3.8, 4) is 0 Å². The monoisotopic (exact) mass is 269 g/mol.